The smallest absolute Gasteiger partial charge is 0.227 e. The molecule has 3 N–H and O–H groups in total. The van der Waals surface area contributed by atoms with E-state index in [-0.39, 0.29) is 45.9 Å². The van der Waals surface area contributed by atoms with Crippen LogP contribution >= 0.6 is 0 Å². The molecule has 4 fully saturated rings. The van der Waals surface area contributed by atoms with E-state index < -0.39 is 16.9 Å². The zero-order valence-corrected chi connectivity index (χ0v) is 30.0. The van der Waals surface area contributed by atoms with E-state index in [1.807, 2.05) is 6.20 Å². The van der Waals surface area contributed by atoms with E-state index in [1.54, 1.807) is 16.8 Å². The largest absolute Gasteiger partial charge is 0.396 e. The molecule has 2 aromatic rings. The third kappa shape index (κ3) is 4.97. The summed E-state index contributed by atoms with van der Waals surface area (Å²) < 4.78 is 15.1. The average molecular weight is 661 g/mol. The van der Waals surface area contributed by atoms with Crippen LogP contribution in [-0.2, 0) is 17.9 Å². The standard InChI is InChI=1S/C40H57FN4O3/c1-35(2)17-19-40(34(48)42-22-28-24-45(44-43-28)23-26-7-9-27(41)10-8-26)20-18-38(5)29(30(40)21-35)11-12-32-36(3)15-14-33(47)37(4,25-46)31(36)13-16-39(32,38)6/h7-11,24,30-33,46-47H,12-23,25H2,1-6H3,(H,42,48)/t30-,31+,32+,33-,36-,37-,38+,39+,40-/m0/s1. The highest BCUT2D eigenvalue weighted by molar-refractivity contribution is 5.84. The lowest BCUT2D eigenvalue weighted by atomic mass is 9.33. The van der Waals surface area contributed by atoms with Crippen LogP contribution in [0.4, 0.5) is 4.39 Å². The van der Waals surface area contributed by atoms with Crippen molar-refractivity contribution in [3.8, 4) is 0 Å². The molecule has 1 aromatic heterocycles. The molecule has 7 rings (SSSR count). The van der Waals surface area contributed by atoms with Gasteiger partial charge in [-0.2, -0.15) is 0 Å². The maximum absolute atomic E-state index is 14.5. The van der Waals surface area contributed by atoms with E-state index in [0.29, 0.717) is 24.9 Å². The number of amides is 1. The van der Waals surface area contributed by atoms with E-state index in [9.17, 15) is 19.4 Å². The summed E-state index contributed by atoms with van der Waals surface area (Å²) in [4.78, 5) is 14.5. The Balaban J connectivity index is 1.15. The van der Waals surface area contributed by atoms with Crippen LogP contribution in [-0.4, -0.2) is 43.8 Å². The topological polar surface area (TPSA) is 100 Å². The van der Waals surface area contributed by atoms with Crippen molar-refractivity contribution in [2.75, 3.05) is 6.61 Å². The Morgan fingerprint density at radius 1 is 0.979 bits per heavy atom. The molecule has 0 radical (unpaired) electrons. The molecule has 0 unspecified atom stereocenters. The number of allylic oxidation sites excluding steroid dienone is 2. The summed E-state index contributed by atoms with van der Waals surface area (Å²) in [5, 5.41) is 33.6. The Hall–Kier alpha value is -2.58. The number of aliphatic hydroxyl groups excluding tert-OH is 2. The minimum atomic E-state index is -0.460. The molecule has 0 saturated heterocycles. The number of nitrogens with zero attached hydrogens (tertiary/aromatic N) is 3. The van der Waals surface area contributed by atoms with Gasteiger partial charge in [-0.15, -0.1) is 5.10 Å². The van der Waals surface area contributed by atoms with Crippen molar-refractivity contribution in [3.63, 3.8) is 0 Å². The normalized spacial score (nSPS) is 41.6. The third-order valence-electron chi connectivity index (χ3n) is 15.5. The van der Waals surface area contributed by atoms with E-state index in [0.717, 1.165) is 75.5 Å². The van der Waals surface area contributed by atoms with Crippen molar-refractivity contribution < 1.29 is 19.4 Å². The number of carbonyl (C=O) groups is 1. The Labute approximate surface area is 286 Å². The van der Waals surface area contributed by atoms with Gasteiger partial charge in [0.2, 0.25) is 5.91 Å². The lowest BCUT2D eigenvalue weighted by Crippen LogP contribution is -2.66. The Kier molecular flexibility index (Phi) is 8.10. The van der Waals surface area contributed by atoms with Crippen molar-refractivity contribution in [1.29, 1.82) is 0 Å². The lowest BCUT2D eigenvalue weighted by Gasteiger charge is -2.71. The summed E-state index contributed by atoms with van der Waals surface area (Å²) in [6.07, 6.45) is 13.7. The molecule has 0 bridgehead atoms. The van der Waals surface area contributed by atoms with E-state index >= 15 is 0 Å². The van der Waals surface area contributed by atoms with Crippen LogP contribution in [0.5, 0.6) is 0 Å². The van der Waals surface area contributed by atoms with Gasteiger partial charge in [0.25, 0.3) is 0 Å². The number of hydrogen-bond acceptors (Lipinski definition) is 5. The van der Waals surface area contributed by atoms with Crippen molar-refractivity contribution in [2.45, 2.75) is 125 Å². The number of nitrogens with one attached hydrogen (secondary N) is 1. The summed E-state index contributed by atoms with van der Waals surface area (Å²) in [7, 11) is 0. The fourth-order valence-corrected chi connectivity index (χ4v) is 12.3. The molecule has 8 heteroatoms. The third-order valence-corrected chi connectivity index (χ3v) is 15.5. The van der Waals surface area contributed by atoms with Crippen LogP contribution in [0.15, 0.2) is 42.1 Å². The first-order chi connectivity index (χ1) is 22.6. The molecule has 262 valence electrons. The molecule has 4 saturated carbocycles. The van der Waals surface area contributed by atoms with Gasteiger partial charge >= 0.3 is 0 Å². The molecule has 0 spiro atoms. The lowest BCUT2D eigenvalue weighted by molar-refractivity contribution is -0.215. The zero-order chi connectivity index (χ0) is 34.3. The highest BCUT2D eigenvalue weighted by Gasteiger charge is 2.69. The number of carbonyl (C=O) groups excluding carboxylic acids is 1. The summed E-state index contributed by atoms with van der Waals surface area (Å²) in [6, 6.07) is 6.40. The second kappa shape index (κ2) is 11.5. The van der Waals surface area contributed by atoms with Gasteiger partial charge in [-0.25, -0.2) is 9.07 Å². The fourth-order valence-electron chi connectivity index (χ4n) is 12.3. The number of hydrogen-bond donors (Lipinski definition) is 3. The number of rotatable bonds is 6. The predicted molar refractivity (Wildman–Crippen MR) is 184 cm³/mol. The van der Waals surface area contributed by atoms with Gasteiger partial charge in [0, 0.05) is 5.41 Å². The van der Waals surface area contributed by atoms with Crippen molar-refractivity contribution in [1.82, 2.24) is 20.3 Å². The Morgan fingerprint density at radius 3 is 2.44 bits per heavy atom. The summed E-state index contributed by atoms with van der Waals surface area (Å²) in [6.45, 7) is 15.3. The Morgan fingerprint density at radius 2 is 1.71 bits per heavy atom. The van der Waals surface area contributed by atoms with Crippen molar-refractivity contribution in [3.05, 3.63) is 59.2 Å². The Bertz CT molecular complexity index is 1590. The molecule has 1 aromatic carbocycles. The SMILES string of the molecule is CC1(C)CC[C@]2(C(=O)NCc3cn(Cc4ccc(F)cc4)nn3)CC[C@]3(C)C(=CC[C@@H]4[C@@]5(C)CC[C@H](O)[C@@](C)(CO)[C@@H]5CC[C@]43C)[C@@H]2C1. The van der Waals surface area contributed by atoms with Gasteiger partial charge < -0.3 is 15.5 Å². The zero-order valence-electron chi connectivity index (χ0n) is 30.0. The summed E-state index contributed by atoms with van der Waals surface area (Å²) in [5.74, 6) is 0.871. The highest BCUT2D eigenvalue weighted by atomic mass is 19.1. The first kappa shape index (κ1) is 33.9. The van der Waals surface area contributed by atoms with Gasteiger partial charge in [0.05, 0.1) is 37.4 Å². The number of halogens is 1. The van der Waals surface area contributed by atoms with Gasteiger partial charge in [-0.05, 0) is 121 Å². The maximum atomic E-state index is 14.5. The monoisotopic (exact) mass is 660 g/mol. The molecule has 5 aliphatic rings. The molecule has 5 aliphatic carbocycles. The molecule has 9 atom stereocenters. The van der Waals surface area contributed by atoms with Crippen LogP contribution in [0, 0.1) is 56.1 Å². The summed E-state index contributed by atoms with van der Waals surface area (Å²) >= 11 is 0. The number of aliphatic hydroxyl groups is 2. The molecular formula is C40H57FN4O3. The second-order valence-electron chi connectivity index (χ2n) is 18.3. The average Bonchev–Trinajstić information content (AvgIpc) is 3.50. The second-order valence-corrected chi connectivity index (χ2v) is 18.3. The predicted octanol–water partition coefficient (Wildman–Crippen LogP) is 7.22. The van der Waals surface area contributed by atoms with Crippen LogP contribution < -0.4 is 5.32 Å². The maximum Gasteiger partial charge on any atom is 0.227 e. The fraction of sp³-hybridized carbons (Fsp3) is 0.725. The van der Waals surface area contributed by atoms with Gasteiger partial charge in [-0.3, -0.25) is 4.79 Å². The molecule has 1 heterocycles. The van der Waals surface area contributed by atoms with Crippen molar-refractivity contribution >= 4 is 5.91 Å². The van der Waals surface area contributed by atoms with Gasteiger partial charge in [0.15, 0.2) is 0 Å². The van der Waals surface area contributed by atoms with Crippen LogP contribution in [0.1, 0.15) is 117 Å². The van der Waals surface area contributed by atoms with Crippen LogP contribution in [0.25, 0.3) is 0 Å². The molecule has 48 heavy (non-hydrogen) atoms. The first-order valence-corrected chi connectivity index (χ1v) is 18.5. The van der Waals surface area contributed by atoms with Gasteiger partial charge in [-0.1, -0.05) is 70.5 Å². The van der Waals surface area contributed by atoms with E-state index in [1.165, 1.54) is 17.7 Å². The van der Waals surface area contributed by atoms with Crippen molar-refractivity contribution in [2.24, 2.45) is 50.2 Å². The minimum Gasteiger partial charge on any atom is -0.396 e. The van der Waals surface area contributed by atoms with Crippen LogP contribution in [0.3, 0.4) is 0 Å². The number of fused-ring (bicyclic) bond motifs is 7. The number of benzene rings is 1. The van der Waals surface area contributed by atoms with E-state index in [4.69, 9.17) is 0 Å². The number of aromatic nitrogens is 3. The van der Waals surface area contributed by atoms with Gasteiger partial charge in [0.1, 0.15) is 11.5 Å². The molecular weight excluding hydrogens is 603 g/mol. The molecule has 0 aliphatic heterocycles. The first-order valence-electron chi connectivity index (χ1n) is 18.5. The van der Waals surface area contributed by atoms with Crippen LogP contribution in [0.2, 0.25) is 0 Å². The minimum absolute atomic E-state index is 0.000487. The summed E-state index contributed by atoms with van der Waals surface area (Å²) in [5.41, 5.74) is 2.62. The molecule has 1 amide bonds. The molecule has 7 nitrogen and oxygen atoms in total. The highest BCUT2D eigenvalue weighted by Crippen LogP contribution is 2.75. The quantitative estimate of drug-likeness (QED) is 0.284. The van der Waals surface area contributed by atoms with E-state index in [2.05, 4.69) is 63.2 Å².